The maximum atomic E-state index is 6.43. The fraction of sp³-hybridized carbons (Fsp3) is 0.667. The quantitative estimate of drug-likeness (QED) is 0.842. The number of hydrogen-bond acceptors (Lipinski definition) is 4. The average molecular weight is 383 g/mol. The molecule has 0 radical (unpaired) electrons. The average Bonchev–Trinajstić information content (AvgIpc) is 3.18. The number of benzene rings is 1. The van der Waals surface area contributed by atoms with E-state index in [1.165, 1.54) is 18.4 Å². The van der Waals surface area contributed by atoms with Crippen LogP contribution in [0.4, 0.5) is 0 Å². The van der Waals surface area contributed by atoms with Gasteiger partial charge in [0.05, 0.1) is 13.2 Å². The molecule has 0 amide bonds. The Morgan fingerprint density at radius 3 is 2.65 bits per heavy atom. The number of ether oxygens (including phenoxy) is 2. The van der Waals surface area contributed by atoms with E-state index in [1.54, 1.807) is 7.11 Å². The van der Waals surface area contributed by atoms with Gasteiger partial charge in [-0.05, 0) is 63.7 Å². The molecule has 2 fully saturated rings. The summed E-state index contributed by atoms with van der Waals surface area (Å²) in [5.74, 6) is 2.30. The van der Waals surface area contributed by atoms with Crippen LogP contribution < -0.4 is 15.2 Å². The molecular weight excluding hydrogens is 356 g/mol. The van der Waals surface area contributed by atoms with Gasteiger partial charge in [-0.25, -0.2) is 0 Å². The van der Waals surface area contributed by atoms with Crippen LogP contribution in [0.25, 0.3) is 0 Å². The second-order valence-corrected chi connectivity index (χ2v) is 7.66. The van der Waals surface area contributed by atoms with Crippen molar-refractivity contribution >= 4 is 15.9 Å². The highest BCUT2D eigenvalue weighted by molar-refractivity contribution is 9.10. The van der Waals surface area contributed by atoms with Crippen molar-refractivity contribution in [3.8, 4) is 11.5 Å². The number of halogens is 1. The summed E-state index contributed by atoms with van der Waals surface area (Å²) >= 11 is 3.75. The van der Waals surface area contributed by atoms with Gasteiger partial charge in [0.25, 0.3) is 0 Å². The molecule has 0 aromatic heterocycles. The Morgan fingerprint density at radius 1 is 1.30 bits per heavy atom. The van der Waals surface area contributed by atoms with Crippen LogP contribution in [0.1, 0.15) is 43.7 Å². The molecule has 1 aliphatic heterocycles. The van der Waals surface area contributed by atoms with Crippen LogP contribution in [0.5, 0.6) is 11.5 Å². The molecule has 2 N–H and O–H groups in total. The monoisotopic (exact) mass is 382 g/mol. The molecule has 1 saturated heterocycles. The Hall–Kier alpha value is -0.780. The lowest BCUT2D eigenvalue weighted by Gasteiger charge is -2.26. The molecule has 1 heterocycles. The molecule has 3 rings (SSSR count). The van der Waals surface area contributed by atoms with E-state index in [2.05, 4.69) is 33.9 Å². The van der Waals surface area contributed by atoms with Crippen molar-refractivity contribution in [3.63, 3.8) is 0 Å². The minimum absolute atomic E-state index is 0.314. The first-order chi connectivity index (χ1) is 11.1. The molecule has 1 aromatic carbocycles. The van der Waals surface area contributed by atoms with Gasteiger partial charge in [0.2, 0.25) is 0 Å². The Labute approximate surface area is 147 Å². The Bertz CT molecular complexity index is 546. The first-order valence-corrected chi connectivity index (χ1v) is 9.36. The molecule has 0 bridgehead atoms. The van der Waals surface area contributed by atoms with E-state index in [9.17, 15) is 0 Å². The third-order valence-corrected chi connectivity index (χ3v) is 5.91. The molecule has 5 heteroatoms. The molecule has 1 aromatic rings. The van der Waals surface area contributed by atoms with Gasteiger partial charge < -0.3 is 15.2 Å². The van der Waals surface area contributed by atoms with Crippen LogP contribution in [-0.2, 0) is 0 Å². The third-order valence-electron chi connectivity index (χ3n) is 5.21. The fourth-order valence-electron chi connectivity index (χ4n) is 3.93. The molecule has 128 valence electrons. The number of likely N-dealkylation sites (tertiary alicyclic amines) is 1. The first kappa shape index (κ1) is 17.1. The van der Waals surface area contributed by atoms with Gasteiger partial charge in [0, 0.05) is 22.6 Å². The SMILES string of the molecule is COc1ccc(Br)c(C2CC(CN)CN2C)c1OC1CCCC1. The van der Waals surface area contributed by atoms with Gasteiger partial charge >= 0.3 is 0 Å². The number of rotatable bonds is 5. The van der Waals surface area contributed by atoms with Crippen LogP contribution in [0.2, 0.25) is 0 Å². The van der Waals surface area contributed by atoms with Gasteiger partial charge in [0.15, 0.2) is 11.5 Å². The second kappa shape index (κ2) is 7.41. The van der Waals surface area contributed by atoms with Gasteiger partial charge in [0.1, 0.15) is 0 Å². The van der Waals surface area contributed by atoms with Crippen LogP contribution in [0.3, 0.4) is 0 Å². The van der Waals surface area contributed by atoms with Gasteiger partial charge in [-0.15, -0.1) is 0 Å². The van der Waals surface area contributed by atoms with Crippen LogP contribution in [0, 0.1) is 5.92 Å². The highest BCUT2D eigenvalue weighted by Crippen LogP contribution is 2.47. The topological polar surface area (TPSA) is 47.7 Å². The lowest BCUT2D eigenvalue weighted by molar-refractivity contribution is 0.192. The van der Waals surface area contributed by atoms with E-state index in [0.717, 1.165) is 48.3 Å². The number of methoxy groups -OCH3 is 1. The van der Waals surface area contributed by atoms with E-state index in [-0.39, 0.29) is 0 Å². The van der Waals surface area contributed by atoms with E-state index < -0.39 is 0 Å². The molecule has 1 saturated carbocycles. The third kappa shape index (κ3) is 3.52. The van der Waals surface area contributed by atoms with Crippen molar-refractivity contribution in [3.05, 3.63) is 22.2 Å². The largest absolute Gasteiger partial charge is 0.493 e. The van der Waals surface area contributed by atoms with E-state index in [4.69, 9.17) is 15.2 Å². The minimum Gasteiger partial charge on any atom is -0.493 e. The van der Waals surface area contributed by atoms with Crippen molar-refractivity contribution in [1.29, 1.82) is 0 Å². The molecule has 1 aliphatic carbocycles. The van der Waals surface area contributed by atoms with E-state index in [0.29, 0.717) is 18.1 Å². The fourth-order valence-corrected chi connectivity index (χ4v) is 4.51. The Balaban J connectivity index is 1.96. The lowest BCUT2D eigenvalue weighted by atomic mass is 9.98. The van der Waals surface area contributed by atoms with E-state index >= 15 is 0 Å². The number of nitrogens with zero attached hydrogens (tertiary/aromatic N) is 1. The van der Waals surface area contributed by atoms with Crippen LogP contribution in [0.15, 0.2) is 16.6 Å². The second-order valence-electron chi connectivity index (χ2n) is 6.81. The maximum absolute atomic E-state index is 6.43. The zero-order valence-corrected chi connectivity index (χ0v) is 15.6. The summed E-state index contributed by atoms with van der Waals surface area (Å²) in [5.41, 5.74) is 7.12. The number of nitrogens with two attached hydrogens (primary N) is 1. The summed E-state index contributed by atoms with van der Waals surface area (Å²) in [6.07, 6.45) is 6.18. The maximum Gasteiger partial charge on any atom is 0.167 e. The van der Waals surface area contributed by atoms with Crippen LogP contribution >= 0.6 is 15.9 Å². The highest BCUT2D eigenvalue weighted by Gasteiger charge is 2.35. The Morgan fingerprint density at radius 2 is 2.04 bits per heavy atom. The summed E-state index contributed by atoms with van der Waals surface area (Å²) in [6, 6.07) is 4.39. The van der Waals surface area contributed by atoms with E-state index in [1.807, 2.05) is 6.07 Å². The van der Waals surface area contributed by atoms with Gasteiger partial charge in [-0.1, -0.05) is 15.9 Å². The summed E-state index contributed by atoms with van der Waals surface area (Å²) in [7, 11) is 3.89. The van der Waals surface area contributed by atoms with Crippen molar-refractivity contribution in [2.24, 2.45) is 11.7 Å². The van der Waals surface area contributed by atoms with Crippen LogP contribution in [-0.4, -0.2) is 38.3 Å². The molecule has 2 unspecified atom stereocenters. The molecular formula is C18H27BrN2O2. The molecule has 0 spiro atoms. The zero-order valence-electron chi connectivity index (χ0n) is 14.1. The smallest absolute Gasteiger partial charge is 0.167 e. The first-order valence-electron chi connectivity index (χ1n) is 8.57. The molecule has 2 aliphatic rings. The molecule has 4 nitrogen and oxygen atoms in total. The molecule has 23 heavy (non-hydrogen) atoms. The Kier molecular flexibility index (Phi) is 5.49. The summed E-state index contributed by atoms with van der Waals surface area (Å²) < 4.78 is 13.1. The highest BCUT2D eigenvalue weighted by atomic mass is 79.9. The lowest BCUT2D eigenvalue weighted by Crippen LogP contribution is -2.22. The predicted molar refractivity (Wildman–Crippen MR) is 96.1 cm³/mol. The summed E-state index contributed by atoms with van der Waals surface area (Å²) in [5, 5.41) is 0. The molecule has 2 atom stereocenters. The summed E-state index contributed by atoms with van der Waals surface area (Å²) in [4.78, 5) is 2.39. The zero-order chi connectivity index (χ0) is 16.4. The van der Waals surface area contributed by atoms with Gasteiger partial charge in [-0.2, -0.15) is 0 Å². The summed E-state index contributed by atoms with van der Waals surface area (Å²) in [6.45, 7) is 1.77. The van der Waals surface area contributed by atoms with Gasteiger partial charge in [-0.3, -0.25) is 4.90 Å². The standard InChI is InChI=1S/C18H27BrN2O2/c1-21-11-12(10-20)9-15(21)17-14(19)7-8-16(22-2)18(17)23-13-5-3-4-6-13/h7-8,12-13,15H,3-6,9-11,20H2,1-2H3. The predicted octanol–water partition coefficient (Wildman–Crippen LogP) is 3.73. The van der Waals surface area contributed by atoms with Crippen molar-refractivity contribution in [2.45, 2.75) is 44.2 Å². The normalized spacial score (nSPS) is 25.9. The number of hydrogen-bond donors (Lipinski definition) is 1. The minimum atomic E-state index is 0.314. The van der Waals surface area contributed by atoms with Crippen molar-refractivity contribution < 1.29 is 9.47 Å². The van der Waals surface area contributed by atoms with Crippen molar-refractivity contribution in [1.82, 2.24) is 4.90 Å². The van der Waals surface area contributed by atoms with Crippen molar-refractivity contribution in [2.75, 3.05) is 27.2 Å².